The number of fused-ring (bicyclic) bond motifs is 1. The lowest BCUT2D eigenvalue weighted by atomic mass is 10.1. The first-order chi connectivity index (χ1) is 11.5. The van der Waals surface area contributed by atoms with E-state index in [-0.39, 0.29) is 23.1 Å². The van der Waals surface area contributed by atoms with Crippen molar-refractivity contribution in [3.8, 4) is 18.1 Å². The number of anilines is 1. The first kappa shape index (κ1) is 16.7. The Hall–Kier alpha value is -2.16. The largest absolute Gasteiger partial charge is 0.478 e. The molecule has 124 valence electrons. The van der Waals surface area contributed by atoms with Crippen molar-refractivity contribution in [3.05, 3.63) is 33.4 Å². The molecule has 0 saturated carbocycles. The summed E-state index contributed by atoms with van der Waals surface area (Å²) in [6.45, 7) is 2.22. The number of benzene rings is 1. The molecular weight excluding hydrogens is 351 g/mol. The minimum atomic E-state index is -0.419. The second kappa shape index (κ2) is 6.39. The van der Waals surface area contributed by atoms with Gasteiger partial charge in [0, 0.05) is 6.54 Å². The quantitative estimate of drug-likeness (QED) is 0.605. The van der Waals surface area contributed by atoms with Crippen LogP contribution in [0.1, 0.15) is 18.4 Å². The molecule has 1 fully saturated rings. The molecule has 1 aromatic carbocycles. The van der Waals surface area contributed by atoms with Gasteiger partial charge in [0.05, 0.1) is 10.7 Å². The third kappa shape index (κ3) is 2.52. The number of urea groups is 1. The lowest BCUT2D eigenvalue weighted by molar-refractivity contribution is -0.114. The second-order valence-corrected chi connectivity index (χ2v) is 6.22. The molecule has 2 aliphatic rings. The lowest BCUT2D eigenvalue weighted by Gasteiger charge is -2.21. The zero-order chi connectivity index (χ0) is 17.4. The van der Waals surface area contributed by atoms with E-state index in [0.717, 1.165) is 17.7 Å². The number of hydrogen-bond acceptors (Lipinski definition) is 3. The van der Waals surface area contributed by atoms with Crippen molar-refractivity contribution in [2.24, 2.45) is 0 Å². The Balaban J connectivity index is 2.10. The van der Waals surface area contributed by atoms with Gasteiger partial charge in [-0.2, -0.15) is 0 Å². The van der Waals surface area contributed by atoms with Gasteiger partial charge >= 0.3 is 6.03 Å². The second-order valence-electron chi connectivity index (χ2n) is 5.47. The third-order valence-corrected chi connectivity index (χ3v) is 4.76. The van der Waals surface area contributed by atoms with E-state index >= 15 is 0 Å². The van der Waals surface area contributed by atoms with Gasteiger partial charge in [0.1, 0.15) is 17.3 Å². The van der Waals surface area contributed by atoms with E-state index in [1.54, 1.807) is 19.1 Å². The van der Waals surface area contributed by atoms with Crippen LogP contribution in [-0.4, -0.2) is 30.0 Å². The molecular formula is C17H14Cl2N2O3. The van der Waals surface area contributed by atoms with Gasteiger partial charge in [0.15, 0.2) is 5.75 Å². The van der Waals surface area contributed by atoms with Crippen LogP contribution < -0.4 is 9.64 Å². The maximum atomic E-state index is 12.7. The van der Waals surface area contributed by atoms with E-state index in [1.165, 1.54) is 4.90 Å². The summed E-state index contributed by atoms with van der Waals surface area (Å²) in [4.78, 5) is 27.8. The number of aryl methyl sites for hydroxylation is 1. The summed E-state index contributed by atoms with van der Waals surface area (Å²) in [5, 5.41) is 0.387. The van der Waals surface area contributed by atoms with Crippen LogP contribution >= 0.6 is 23.2 Å². The molecule has 1 saturated heterocycles. The number of allylic oxidation sites excluding steroid dienone is 1. The average molecular weight is 365 g/mol. The summed E-state index contributed by atoms with van der Waals surface area (Å²) < 4.78 is 5.41. The summed E-state index contributed by atoms with van der Waals surface area (Å²) in [5.41, 5.74) is 1.26. The van der Waals surface area contributed by atoms with Crippen molar-refractivity contribution in [1.82, 2.24) is 4.90 Å². The molecule has 1 aromatic rings. The van der Waals surface area contributed by atoms with Crippen molar-refractivity contribution in [2.45, 2.75) is 19.8 Å². The standard InChI is InChI=1S/C17H14Cl2N2O3/c1-3-8-24-15-13(18)10(2)9-12(14(15)19)21-16(22)11-6-4-5-7-20(11)17(21)23/h1,6,9H,4-5,7-8H2,2H3. The summed E-state index contributed by atoms with van der Waals surface area (Å²) >= 11 is 12.6. The van der Waals surface area contributed by atoms with Gasteiger partial charge in [0.2, 0.25) is 0 Å². The Kier molecular flexibility index (Phi) is 4.44. The Morgan fingerprint density at radius 2 is 2.08 bits per heavy atom. The molecule has 0 aromatic heterocycles. The molecule has 24 heavy (non-hydrogen) atoms. The first-order valence-corrected chi connectivity index (χ1v) is 8.14. The minimum absolute atomic E-state index is 0.0263. The van der Waals surface area contributed by atoms with E-state index in [4.69, 9.17) is 34.4 Å². The molecule has 0 aliphatic carbocycles. The van der Waals surface area contributed by atoms with Crippen LogP contribution in [0.15, 0.2) is 17.8 Å². The smallest absolute Gasteiger partial charge is 0.336 e. The van der Waals surface area contributed by atoms with Crippen LogP contribution in [0.25, 0.3) is 0 Å². The normalized spacial score (nSPS) is 16.8. The van der Waals surface area contributed by atoms with Crippen molar-refractivity contribution >= 4 is 40.8 Å². The van der Waals surface area contributed by atoms with E-state index < -0.39 is 11.9 Å². The number of halogens is 2. The van der Waals surface area contributed by atoms with Gasteiger partial charge in [-0.1, -0.05) is 35.2 Å². The Labute approximate surface area is 149 Å². The number of nitrogens with zero attached hydrogens (tertiary/aromatic N) is 2. The molecule has 0 bridgehead atoms. The van der Waals surface area contributed by atoms with E-state index in [1.807, 2.05) is 0 Å². The van der Waals surface area contributed by atoms with Gasteiger partial charge in [-0.25, -0.2) is 9.69 Å². The van der Waals surface area contributed by atoms with E-state index in [2.05, 4.69) is 5.92 Å². The van der Waals surface area contributed by atoms with Crippen molar-refractivity contribution in [2.75, 3.05) is 18.1 Å². The number of hydrogen-bond donors (Lipinski definition) is 0. The van der Waals surface area contributed by atoms with Crippen molar-refractivity contribution in [1.29, 1.82) is 0 Å². The lowest BCUT2D eigenvalue weighted by Crippen LogP contribution is -2.34. The predicted octanol–water partition coefficient (Wildman–Crippen LogP) is 3.76. The highest BCUT2D eigenvalue weighted by Gasteiger charge is 2.43. The number of carbonyl (C=O) groups is 2. The summed E-state index contributed by atoms with van der Waals surface area (Å²) in [5.74, 6) is 2.11. The minimum Gasteiger partial charge on any atom is -0.478 e. The molecule has 2 heterocycles. The fourth-order valence-electron chi connectivity index (χ4n) is 2.78. The summed E-state index contributed by atoms with van der Waals surface area (Å²) in [6, 6.07) is 1.18. The number of terminal acetylenes is 1. The number of rotatable bonds is 3. The summed E-state index contributed by atoms with van der Waals surface area (Å²) in [7, 11) is 0. The third-order valence-electron chi connectivity index (χ3n) is 3.92. The number of carbonyl (C=O) groups excluding carboxylic acids is 2. The number of imide groups is 1. The van der Waals surface area contributed by atoms with Gasteiger partial charge in [-0.15, -0.1) is 6.42 Å². The molecule has 3 rings (SSSR count). The van der Waals surface area contributed by atoms with Gasteiger partial charge in [-0.3, -0.25) is 9.69 Å². The maximum Gasteiger partial charge on any atom is 0.336 e. The Morgan fingerprint density at radius 1 is 1.33 bits per heavy atom. The Morgan fingerprint density at radius 3 is 2.75 bits per heavy atom. The van der Waals surface area contributed by atoms with Gasteiger partial charge in [0.25, 0.3) is 5.91 Å². The highest BCUT2D eigenvalue weighted by Crippen LogP contribution is 2.44. The van der Waals surface area contributed by atoms with Crippen LogP contribution in [-0.2, 0) is 4.79 Å². The molecule has 0 spiro atoms. The first-order valence-electron chi connectivity index (χ1n) is 7.38. The molecule has 2 aliphatic heterocycles. The van der Waals surface area contributed by atoms with E-state index in [9.17, 15) is 9.59 Å². The topological polar surface area (TPSA) is 49.9 Å². The highest BCUT2D eigenvalue weighted by atomic mass is 35.5. The van der Waals surface area contributed by atoms with Crippen molar-refractivity contribution < 1.29 is 14.3 Å². The predicted molar refractivity (Wildman–Crippen MR) is 92.4 cm³/mol. The molecule has 0 unspecified atom stereocenters. The van der Waals surface area contributed by atoms with Crippen LogP contribution in [0.3, 0.4) is 0 Å². The fraction of sp³-hybridized carbons (Fsp3) is 0.294. The zero-order valence-electron chi connectivity index (χ0n) is 12.9. The summed E-state index contributed by atoms with van der Waals surface area (Å²) in [6.07, 6.45) is 8.56. The monoisotopic (exact) mass is 364 g/mol. The Bertz CT molecular complexity index is 811. The molecule has 0 atom stereocenters. The molecule has 0 radical (unpaired) electrons. The van der Waals surface area contributed by atoms with Crippen LogP contribution in [0, 0.1) is 19.3 Å². The molecule has 0 N–H and O–H groups in total. The van der Waals surface area contributed by atoms with Gasteiger partial charge in [-0.05, 0) is 31.4 Å². The molecule has 3 amide bonds. The molecule has 5 nitrogen and oxygen atoms in total. The van der Waals surface area contributed by atoms with Crippen LogP contribution in [0.4, 0.5) is 10.5 Å². The van der Waals surface area contributed by atoms with Crippen LogP contribution in [0.2, 0.25) is 10.0 Å². The number of amides is 3. The fourth-order valence-corrected chi connectivity index (χ4v) is 3.32. The van der Waals surface area contributed by atoms with E-state index in [0.29, 0.717) is 22.8 Å². The number of ether oxygens (including phenoxy) is 1. The van der Waals surface area contributed by atoms with Crippen molar-refractivity contribution in [3.63, 3.8) is 0 Å². The SMILES string of the molecule is C#CCOc1c(Cl)c(C)cc(N2C(=O)C3=CCCCN3C2=O)c1Cl. The highest BCUT2D eigenvalue weighted by molar-refractivity contribution is 6.41. The average Bonchev–Trinajstić information content (AvgIpc) is 2.83. The maximum absolute atomic E-state index is 12.7. The van der Waals surface area contributed by atoms with Crippen LogP contribution in [0.5, 0.6) is 5.75 Å². The molecule has 7 heteroatoms. The van der Waals surface area contributed by atoms with Gasteiger partial charge < -0.3 is 4.74 Å². The zero-order valence-corrected chi connectivity index (χ0v) is 14.4.